The largest absolute Gasteiger partial charge is 0.345 e. The van der Waals surface area contributed by atoms with Crippen molar-refractivity contribution < 1.29 is 9.59 Å². The number of amides is 2. The number of aromatic nitrogens is 1. The predicted octanol–water partition coefficient (Wildman–Crippen LogP) is 5.23. The lowest BCUT2D eigenvalue weighted by Gasteiger charge is -2.15. The zero-order chi connectivity index (χ0) is 24.1. The maximum atomic E-state index is 13.0. The number of nitrogens with one attached hydrogen (secondary N) is 2. The van der Waals surface area contributed by atoms with E-state index in [-0.39, 0.29) is 17.5 Å². The van der Waals surface area contributed by atoms with Gasteiger partial charge in [0.25, 0.3) is 17.4 Å². The van der Waals surface area contributed by atoms with Gasteiger partial charge in [-0.25, -0.2) is 0 Å². The molecule has 0 unspecified atom stereocenters. The quantitative estimate of drug-likeness (QED) is 0.404. The summed E-state index contributed by atoms with van der Waals surface area (Å²) in [5.74, 6) is -0.777. The van der Waals surface area contributed by atoms with E-state index in [9.17, 15) is 14.4 Å². The van der Waals surface area contributed by atoms with E-state index in [4.69, 9.17) is 11.6 Å². The van der Waals surface area contributed by atoms with Crippen LogP contribution in [0.1, 0.15) is 39.2 Å². The van der Waals surface area contributed by atoms with Gasteiger partial charge in [-0.1, -0.05) is 54.1 Å². The summed E-state index contributed by atoms with van der Waals surface area (Å²) in [6.07, 6.45) is 1.59. The number of nitrogens with zero attached hydrogens (tertiary/aromatic N) is 1. The summed E-state index contributed by atoms with van der Waals surface area (Å²) in [6.45, 7) is 1.87. The summed E-state index contributed by atoms with van der Waals surface area (Å²) in [6, 6.07) is 26.0. The Balaban J connectivity index is 1.51. The van der Waals surface area contributed by atoms with E-state index < -0.39 is 11.5 Å². The van der Waals surface area contributed by atoms with Crippen LogP contribution in [0.3, 0.4) is 0 Å². The van der Waals surface area contributed by atoms with Crippen molar-refractivity contribution in [2.75, 3.05) is 5.32 Å². The molecule has 4 rings (SSSR count). The third-order valence-electron chi connectivity index (χ3n) is 5.36. The number of rotatable bonds is 6. The minimum atomic E-state index is -0.445. The third-order valence-corrected chi connectivity index (χ3v) is 5.69. The molecule has 0 radical (unpaired) electrons. The van der Waals surface area contributed by atoms with Crippen LogP contribution in [-0.2, 0) is 0 Å². The molecule has 170 valence electrons. The molecule has 0 fully saturated rings. The first-order valence-corrected chi connectivity index (χ1v) is 11.1. The van der Waals surface area contributed by atoms with Crippen molar-refractivity contribution in [1.82, 2.24) is 9.88 Å². The fourth-order valence-corrected chi connectivity index (χ4v) is 3.74. The normalized spacial score (nSPS) is 11.5. The Hall–Kier alpha value is -4.16. The van der Waals surface area contributed by atoms with E-state index in [2.05, 4.69) is 10.6 Å². The Morgan fingerprint density at radius 2 is 1.44 bits per heavy atom. The van der Waals surface area contributed by atoms with E-state index in [0.717, 1.165) is 5.56 Å². The van der Waals surface area contributed by atoms with Crippen LogP contribution in [-0.4, -0.2) is 16.4 Å². The van der Waals surface area contributed by atoms with Gasteiger partial charge in [0.2, 0.25) is 0 Å². The lowest BCUT2D eigenvalue weighted by atomic mass is 10.1. The first-order valence-electron chi connectivity index (χ1n) is 10.7. The molecule has 1 heterocycles. The molecule has 3 aromatic carbocycles. The minimum Gasteiger partial charge on any atom is -0.345 e. The van der Waals surface area contributed by atoms with Crippen molar-refractivity contribution in [2.24, 2.45) is 0 Å². The molecule has 0 saturated carbocycles. The molecule has 0 bridgehead atoms. The lowest BCUT2D eigenvalue weighted by Crippen LogP contribution is -2.33. The van der Waals surface area contributed by atoms with Crippen molar-refractivity contribution in [3.63, 3.8) is 0 Å². The van der Waals surface area contributed by atoms with Crippen molar-refractivity contribution >= 4 is 29.1 Å². The van der Waals surface area contributed by atoms with Crippen LogP contribution >= 0.6 is 11.6 Å². The molecule has 4 aromatic rings. The lowest BCUT2D eigenvalue weighted by molar-refractivity contribution is 0.0937. The molecular weight excluding hydrogens is 450 g/mol. The number of hydrogen-bond acceptors (Lipinski definition) is 3. The van der Waals surface area contributed by atoms with Crippen LogP contribution < -0.4 is 16.2 Å². The molecule has 1 aromatic heterocycles. The van der Waals surface area contributed by atoms with Crippen LogP contribution in [0.4, 0.5) is 5.69 Å². The standard InChI is InChI=1S/C27H22ClN3O3/c1-18(19-8-3-2-4-9-19)29-26(33)23-11-7-17-31(27(23)34)21-15-13-20(14-16-21)30-25(32)22-10-5-6-12-24(22)28/h2-18H,1H3,(H,29,33)(H,30,32)/t18-/m1/s1. The van der Waals surface area contributed by atoms with Gasteiger partial charge in [-0.15, -0.1) is 0 Å². The van der Waals surface area contributed by atoms with Gasteiger partial charge in [0.15, 0.2) is 0 Å². The molecule has 0 spiro atoms. The van der Waals surface area contributed by atoms with Crippen LogP contribution in [0.15, 0.2) is 102 Å². The highest BCUT2D eigenvalue weighted by Crippen LogP contribution is 2.18. The number of carbonyl (C=O) groups excluding carboxylic acids is 2. The Bertz CT molecular complexity index is 1380. The fraction of sp³-hybridized carbons (Fsp3) is 0.0741. The van der Waals surface area contributed by atoms with Crippen LogP contribution in [0.25, 0.3) is 5.69 Å². The first kappa shape index (κ1) is 23.0. The predicted molar refractivity (Wildman–Crippen MR) is 134 cm³/mol. The second-order valence-electron chi connectivity index (χ2n) is 7.68. The summed E-state index contributed by atoms with van der Waals surface area (Å²) in [7, 11) is 0. The van der Waals surface area contributed by atoms with Crippen molar-refractivity contribution in [3.8, 4) is 5.69 Å². The van der Waals surface area contributed by atoms with E-state index >= 15 is 0 Å². The Labute approximate surface area is 201 Å². The van der Waals surface area contributed by atoms with Gasteiger partial charge in [-0.2, -0.15) is 0 Å². The van der Waals surface area contributed by atoms with Gasteiger partial charge in [0.1, 0.15) is 5.56 Å². The first-order chi connectivity index (χ1) is 16.4. The van der Waals surface area contributed by atoms with E-state index in [1.54, 1.807) is 60.8 Å². The molecule has 6 nitrogen and oxygen atoms in total. The van der Waals surface area contributed by atoms with E-state index in [0.29, 0.717) is 22.0 Å². The van der Waals surface area contributed by atoms with Gasteiger partial charge >= 0.3 is 0 Å². The molecular formula is C27H22ClN3O3. The summed E-state index contributed by atoms with van der Waals surface area (Å²) < 4.78 is 1.39. The third kappa shape index (κ3) is 5.08. The second kappa shape index (κ2) is 10.2. The number of halogens is 1. The molecule has 7 heteroatoms. The summed E-state index contributed by atoms with van der Waals surface area (Å²) in [5.41, 5.74) is 2.03. The average molecular weight is 472 g/mol. The molecule has 0 aliphatic rings. The number of pyridine rings is 1. The molecule has 1 atom stereocenters. The van der Waals surface area contributed by atoms with E-state index in [1.165, 1.54) is 10.6 Å². The smallest absolute Gasteiger partial charge is 0.267 e. The van der Waals surface area contributed by atoms with Crippen molar-refractivity contribution in [1.29, 1.82) is 0 Å². The highest BCUT2D eigenvalue weighted by atomic mass is 35.5. The average Bonchev–Trinajstić information content (AvgIpc) is 2.85. The highest BCUT2D eigenvalue weighted by Gasteiger charge is 2.16. The van der Waals surface area contributed by atoms with Gasteiger partial charge in [0, 0.05) is 17.6 Å². The SMILES string of the molecule is C[C@@H](NC(=O)c1cccn(-c2ccc(NC(=O)c3ccccc3Cl)cc2)c1=O)c1ccccc1. The monoisotopic (exact) mass is 471 g/mol. The Kier molecular flexibility index (Phi) is 6.90. The molecule has 0 saturated heterocycles. The summed E-state index contributed by atoms with van der Waals surface area (Å²) >= 11 is 6.08. The molecule has 2 amide bonds. The maximum Gasteiger partial charge on any atom is 0.267 e. The van der Waals surface area contributed by atoms with Gasteiger partial charge in [-0.05, 0) is 61.0 Å². The van der Waals surface area contributed by atoms with Crippen LogP contribution in [0.2, 0.25) is 5.02 Å². The maximum absolute atomic E-state index is 13.0. The topological polar surface area (TPSA) is 80.2 Å². The number of benzene rings is 3. The zero-order valence-electron chi connectivity index (χ0n) is 18.4. The summed E-state index contributed by atoms with van der Waals surface area (Å²) in [4.78, 5) is 38.3. The highest BCUT2D eigenvalue weighted by molar-refractivity contribution is 6.34. The molecule has 0 aliphatic carbocycles. The minimum absolute atomic E-state index is 0.0429. The fourth-order valence-electron chi connectivity index (χ4n) is 3.52. The van der Waals surface area contributed by atoms with Crippen LogP contribution in [0.5, 0.6) is 0 Å². The summed E-state index contributed by atoms with van der Waals surface area (Å²) in [5, 5.41) is 6.02. The molecule has 0 aliphatic heterocycles. The Morgan fingerprint density at radius 1 is 0.794 bits per heavy atom. The number of anilines is 1. The zero-order valence-corrected chi connectivity index (χ0v) is 19.1. The van der Waals surface area contributed by atoms with E-state index in [1.807, 2.05) is 37.3 Å². The number of carbonyl (C=O) groups is 2. The molecule has 34 heavy (non-hydrogen) atoms. The molecule has 2 N–H and O–H groups in total. The van der Waals surface area contributed by atoms with Gasteiger partial charge < -0.3 is 10.6 Å². The van der Waals surface area contributed by atoms with Crippen LogP contribution in [0, 0.1) is 0 Å². The van der Waals surface area contributed by atoms with Gasteiger partial charge in [0.05, 0.1) is 16.6 Å². The van der Waals surface area contributed by atoms with Crippen molar-refractivity contribution in [3.05, 3.63) is 129 Å². The van der Waals surface area contributed by atoms with Gasteiger partial charge in [-0.3, -0.25) is 19.0 Å². The second-order valence-corrected chi connectivity index (χ2v) is 8.09. The number of hydrogen-bond donors (Lipinski definition) is 2. The van der Waals surface area contributed by atoms with Crippen molar-refractivity contribution in [2.45, 2.75) is 13.0 Å². The Morgan fingerprint density at radius 3 is 2.15 bits per heavy atom.